The number of aliphatic hydroxyl groups excluding tert-OH is 1. The molecule has 1 aromatic carbocycles. The number of hydrogen-bond donors (Lipinski definition) is 3. The van der Waals surface area contributed by atoms with Crippen LogP contribution in [0.15, 0.2) is 24.3 Å². The molecule has 5 nitrogen and oxygen atoms in total. The van der Waals surface area contributed by atoms with Crippen molar-refractivity contribution >= 4 is 6.03 Å². The first-order chi connectivity index (χ1) is 11.5. The first kappa shape index (κ1) is 17.0. The molecule has 7 heteroatoms. The maximum atomic E-state index is 12.1. The van der Waals surface area contributed by atoms with E-state index in [-0.39, 0.29) is 24.4 Å². The van der Waals surface area contributed by atoms with Crippen molar-refractivity contribution in [2.75, 3.05) is 6.54 Å². The molecule has 0 saturated heterocycles. The van der Waals surface area contributed by atoms with E-state index in [0.29, 0.717) is 17.4 Å². The Labute approximate surface area is 139 Å². The first-order valence-corrected chi connectivity index (χ1v) is 8.30. The van der Waals surface area contributed by atoms with E-state index in [1.807, 2.05) is 0 Å². The molecule has 0 spiro atoms. The van der Waals surface area contributed by atoms with Crippen LogP contribution in [0.5, 0.6) is 5.75 Å². The van der Waals surface area contributed by atoms with Crippen molar-refractivity contribution in [1.82, 2.24) is 10.6 Å². The number of benzene rings is 1. The van der Waals surface area contributed by atoms with Gasteiger partial charge < -0.3 is 20.5 Å². The van der Waals surface area contributed by atoms with Crippen LogP contribution in [0.1, 0.15) is 37.4 Å². The number of rotatable bonds is 8. The number of alkyl halides is 2. The maximum absolute atomic E-state index is 12.1. The van der Waals surface area contributed by atoms with E-state index in [1.165, 1.54) is 49.9 Å². The summed E-state index contributed by atoms with van der Waals surface area (Å²) in [5.74, 6) is 1.24. The van der Waals surface area contributed by atoms with Crippen molar-refractivity contribution in [2.24, 2.45) is 11.8 Å². The summed E-state index contributed by atoms with van der Waals surface area (Å²) in [6.07, 6.45) is 3.80. The van der Waals surface area contributed by atoms with Crippen molar-refractivity contribution in [3.63, 3.8) is 0 Å². The van der Waals surface area contributed by atoms with Gasteiger partial charge in [-0.2, -0.15) is 8.78 Å². The molecule has 24 heavy (non-hydrogen) atoms. The van der Waals surface area contributed by atoms with Gasteiger partial charge in [0.2, 0.25) is 0 Å². The number of amides is 2. The highest BCUT2D eigenvalue weighted by atomic mass is 19.3. The Balaban J connectivity index is 1.44. The number of halogens is 2. The average molecular weight is 340 g/mol. The molecule has 1 aromatic rings. The Bertz CT molecular complexity index is 547. The third-order valence-electron chi connectivity index (χ3n) is 4.50. The summed E-state index contributed by atoms with van der Waals surface area (Å²) in [6.45, 7) is -2.82. The van der Waals surface area contributed by atoms with Crippen LogP contribution in [-0.2, 0) is 0 Å². The highest BCUT2D eigenvalue weighted by Gasteiger charge is 2.42. The van der Waals surface area contributed by atoms with Crippen LogP contribution in [0, 0.1) is 11.8 Å². The van der Waals surface area contributed by atoms with E-state index < -0.39 is 12.7 Å². The highest BCUT2D eigenvalue weighted by Crippen LogP contribution is 2.44. The molecule has 0 aromatic heterocycles. The molecule has 2 fully saturated rings. The number of nitrogens with one attached hydrogen (secondary N) is 2. The third-order valence-corrected chi connectivity index (χ3v) is 4.50. The molecule has 0 radical (unpaired) electrons. The fraction of sp³-hybridized carbons (Fsp3) is 0.588. The molecule has 132 valence electrons. The number of aliphatic hydroxyl groups is 1. The SMILES string of the molecule is O=C(NCC(O)c1ccc(OC(F)F)cc1)NC(C1CC1)C1CC1. The Morgan fingerprint density at radius 3 is 2.25 bits per heavy atom. The number of ether oxygens (including phenoxy) is 1. The molecular formula is C17H22F2N2O3. The van der Waals surface area contributed by atoms with Gasteiger partial charge in [-0.05, 0) is 55.2 Å². The highest BCUT2D eigenvalue weighted by molar-refractivity contribution is 5.74. The molecule has 2 aliphatic rings. The van der Waals surface area contributed by atoms with E-state index in [0.717, 1.165) is 0 Å². The Kier molecular flexibility index (Phi) is 5.18. The van der Waals surface area contributed by atoms with Crippen molar-refractivity contribution in [3.05, 3.63) is 29.8 Å². The lowest BCUT2D eigenvalue weighted by molar-refractivity contribution is -0.0498. The molecule has 0 bridgehead atoms. The van der Waals surface area contributed by atoms with E-state index in [9.17, 15) is 18.7 Å². The predicted octanol–water partition coefficient (Wildman–Crippen LogP) is 2.81. The van der Waals surface area contributed by atoms with Gasteiger partial charge in [-0.25, -0.2) is 4.79 Å². The van der Waals surface area contributed by atoms with Gasteiger partial charge >= 0.3 is 12.6 Å². The second-order valence-electron chi connectivity index (χ2n) is 6.52. The lowest BCUT2D eigenvalue weighted by Gasteiger charge is -2.19. The second-order valence-corrected chi connectivity index (χ2v) is 6.52. The van der Waals surface area contributed by atoms with Crippen LogP contribution in [0.4, 0.5) is 13.6 Å². The van der Waals surface area contributed by atoms with Crippen LogP contribution in [0.2, 0.25) is 0 Å². The summed E-state index contributed by atoms with van der Waals surface area (Å²) < 4.78 is 28.4. The van der Waals surface area contributed by atoms with Crippen LogP contribution in [0.3, 0.4) is 0 Å². The first-order valence-electron chi connectivity index (χ1n) is 8.30. The van der Waals surface area contributed by atoms with E-state index >= 15 is 0 Å². The van der Waals surface area contributed by atoms with Gasteiger partial charge in [-0.15, -0.1) is 0 Å². The topological polar surface area (TPSA) is 70.6 Å². The summed E-state index contributed by atoms with van der Waals surface area (Å²) in [5.41, 5.74) is 0.526. The van der Waals surface area contributed by atoms with Crippen molar-refractivity contribution in [2.45, 2.75) is 44.4 Å². The zero-order valence-corrected chi connectivity index (χ0v) is 13.3. The number of urea groups is 1. The molecule has 2 aliphatic carbocycles. The van der Waals surface area contributed by atoms with Crippen molar-refractivity contribution in [1.29, 1.82) is 0 Å². The maximum Gasteiger partial charge on any atom is 0.387 e. The minimum Gasteiger partial charge on any atom is -0.435 e. The summed E-state index contributed by atoms with van der Waals surface area (Å²) in [5, 5.41) is 15.8. The summed E-state index contributed by atoms with van der Waals surface area (Å²) >= 11 is 0. The van der Waals surface area contributed by atoms with E-state index in [4.69, 9.17) is 0 Å². The van der Waals surface area contributed by atoms with Gasteiger partial charge in [-0.1, -0.05) is 12.1 Å². The van der Waals surface area contributed by atoms with Crippen LogP contribution < -0.4 is 15.4 Å². The van der Waals surface area contributed by atoms with E-state index in [2.05, 4.69) is 15.4 Å². The Hall–Kier alpha value is -1.89. The minimum atomic E-state index is -2.88. The van der Waals surface area contributed by atoms with Crippen LogP contribution in [0.25, 0.3) is 0 Å². The second kappa shape index (κ2) is 7.34. The largest absolute Gasteiger partial charge is 0.435 e. The standard InChI is InChI=1S/C17H22F2N2O3/c18-16(19)24-13-7-5-10(6-8-13)14(22)9-20-17(23)21-15(11-1-2-11)12-3-4-12/h5-8,11-12,14-16,22H,1-4,9H2,(H2,20,21,23). The Morgan fingerprint density at radius 1 is 1.17 bits per heavy atom. The normalized spacial score (nSPS) is 18.5. The zero-order valence-electron chi connectivity index (χ0n) is 13.3. The number of carbonyl (C=O) groups is 1. The molecule has 3 N–H and O–H groups in total. The smallest absolute Gasteiger partial charge is 0.387 e. The lowest BCUT2D eigenvalue weighted by atomic mass is 10.1. The number of carbonyl (C=O) groups excluding carboxylic acids is 1. The van der Waals surface area contributed by atoms with Crippen molar-refractivity contribution in [3.8, 4) is 5.75 Å². The summed E-state index contributed by atoms with van der Waals surface area (Å²) in [7, 11) is 0. The molecule has 2 saturated carbocycles. The average Bonchev–Trinajstić information content (AvgIpc) is 3.44. The molecule has 1 atom stereocenters. The van der Waals surface area contributed by atoms with Gasteiger partial charge in [0.25, 0.3) is 0 Å². The molecule has 0 aliphatic heterocycles. The molecular weight excluding hydrogens is 318 g/mol. The fourth-order valence-electron chi connectivity index (χ4n) is 2.91. The van der Waals surface area contributed by atoms with Crippen LogP contribution >= 0.6 is 0 Å². The Morgan fingerprint density at radius 2 is 1.75 bits per heavy atom. The summed E-state index contributed by atoms with van der Waals surface area (Å²) in [6, 6.07) is 5.71. The molecule has 0 heterocycles. The monoisotopic (exact) mass is 340 g/mol. The quantitative estimate of drug-likeness (QED) is 0.681. The number of hydrogen-bond acceptors (Lipinski definition) is 3. The van der Waals surface area contributed by atoms with Gasteiger partial charge in [0, 0.05) is 12.6 Å². The third kappa shape index (κ3) is 4.80. The molecule has 2 amide bonds. The lowest BCUT2D eigenvalue weighted by Crippen LogP contribution is -2.45. The van der Waals surface area contributed by atoms with Gasteiger partial charge in [0.15, 0.2) is 0 Å². The van der Waals surface area contributed by atoms with Gasteiger partial charge in [0.05, 0.1) is 6.10 Å². The fourth-order valence-corrected chi connectivity index (χ4v) is 2.91. The minimum absolute atomic E-state index is 0.0309. The van der Waals surface area contributed by atoms with Crippen LogP contribution in [-0.4, -0.2) is 30.3 Å². The molecule has 3 rings (SSSR count). The van der Waals surface area contributed by atoms with Crippen molar-refractivity contribution < 1.29 is 23.4 Å². The van der Waals surface area contributed by atoms with E-state index in [1.54, 1.807) is 0 Å². The summed E-state index contributed by atoms with van der Waals surface area (Å²) in [4.78, 5) is 12.0. The zero-order chi connectivity index (χ0) is 17.1. The molecule has 1 unspecified atom stereocenters. The van der Waals surface area contributed by atoms with Gasteiger partial charge in [-0.3, -0.25) is 0 Å². The predicted molar refractivity (Wildman–Crippen MR) is 83.8 cm³/mol. The van der Waals surface area contributed by atoms with Gasteiger partial charge in [0.1, 0.15) is 5.75 Å².